The standard InChI is InChI=1S/C8H15N5O3/c1-5(14)6(9)3-10-7-8(13(15)16)11-4-12(7)2/h4-6,10,14H,3,9H2,1-2H3. The summed E-state index contributed by atoms with van der Waals surface area (Å²) in [5.41, 5.74) is 5.60. The summed E-state index contributed by atoms with van der Waals surface area (Å²) in [6, 6.07) is -0.491. The fourth-order valence-corrected chi connectivity index (χ4v) is 1.14. The van der Waals surface area contributed by atoms with Crippen molar-refractivity contribution >= 4 is 11.6 Å². The molecule has 0 aliphatic carbocycles. The largest absolute Gasteiger partial charge is 0.406 e. The molecule has 2 atom stereocenters. The van der Waals surface area contributed by atoms with Gasteiger partial charge in [0.25, 0.3) is 0 Å². The molecule has 0 saturated heterocycles. The Balaban J connectivity index is 2.73. The van der Waals surface area contributed by atoms with Gasteiger partial charge in [-0.3, -0.25) is 4.57 Å². The Morgan fingerprint density at radius 2 is 2.44 bits per heavy atom. The smallest absolute Gasteiger partial charge is 0.392 e. The fraction of sp³-hybridized carbons (Fsp3) is 0.625. The number of nitrogens with zero attached hydrogens (tertiary/aromatic N) is 3. The van der Waals surface area contributed by atoms with Crippen LogP contribution in [0.25, 0.3) is 0 Å². The van der Waals surface area contributed by atoms with Crippen molar-refractivity contribution in [3.63, 3.8) is 0 Å². The lowest BCUT2D eigenvalue weighted by molar-refractivity contribution is -0.388. The number of nitrogens with one attached hydrogen (secondary N) is 1. The number of aliphatic hydroxyl groups excluding tert-OH is 1. The van der Waals surface area contributed by atoms with Gasteiger partial charge in [0.2, 0.25) is 12.1 Å². The molecule has 1 heterocycles. The number of aromatic nitrogens is 2. The third-order valence-electron chi connectivity index (χ3n) is 2.22. The fourth-order valence-electron chi connectivity index (χ4n) is 1.14. The summed E-state index contributed by atoms with van der Waals surface area (Å²) in [5, 5.41) is 22.6. The van der Waals surface area contributed by atoms with Crippen molar-refractivity contribution in [1.29, 1.82) is 0 Å². The molecule has 1 rings (SSSR count). The lowest BCUT2D eigenvalue weighted by atomic mass is 10.2. The van der Waals surface area contributed by atoms with Gasteiger partial charge in [-0.05, 0) is 16.8 Å². The van der Waals surface area contributed by atoms with Crippen LogP contribution in [0.15, 0.2) is 6.33 Å². The molecule has 0 fully saturated rings. The summed E-state index contributed by atoms with van der Waals surface area (Å²) in [7, 11) is 1.64. The van der Waals surface area contributed by atoms with Crippen LogP contribution in [0.2, 0.25) is 0 Å². The second-order valence-electron chi connectivity index (χ2n) is 3.57. The molecule has 1 aromatic rings. The number of nitro groups is 1. The number of imidazole rings is 1. The van der Waals surface area contributed by atoms with Crippen LogP contribution in [0.3, 0.4) is 0 Å². The van der Waals surface area contributed by atoms with E-state index in [1.165, 1.54) is 10.9 Å². The van der Waals surface area contributed by atoms with Gasteiger partial charge in [0.1, 0.15) is 0 Å². The van der Waals surface area contributed by atoms with Gasteiger partial charge in [0, 0.05) is 19.6 Å². The predicted octanol–water partition coefficient (Wildman–Crippen LogP) is -0.552. The quantitative estimate of drug-likeness (QED) is 0.460. The molecule has 8 heteroatoms. The average molecular weight is 229 g/mol. The maximum atomic E-state index is 10.6. The lowest BCUT2D eigenvalue weighted by Gasteiger charge is -2.15. The van der Waals surface area contributed by atoms with Gasteiger partial charge >= 0.3 is 5.82 Å². The zero-order chi connectivity index (χ0) is 12.3. The van der Waals surface area contributed by atoms with E-state index in [1.807, 2.05) is 0 Å². The van der Waals surface area contributed by atoms with Crippen LogP contribution in [0.4, 0.5) is 11.6 Å². The highest BCUT2D eigenvalue weighted by atomic mass is 16.6. The van der Waals surface area contributed by atoms with Crippen molar-refractivity contribution in [2.75, 3.05) is 11.9 Å². The van der Waals surface area contributed by atoms with Crippen LogP contribution in [0.5, 0.6) is 0 Å². The minimum Gasteiger partial charge on any atom is -0.392 e. The number of hydrogen-bond acceptors (Lipinski definition) is 6. The molecule has 4 N–H and O–H groups in total. The van der Waals surface area contributed by atoms with E-state index < -0.39 is 17.1 Å². The second kappa shape index (κ2) is 4.90. The molecular weight excluding hydrogens is 214 g/mol. The number of aliphatic hydroxyl groups is 1. The minimum atomic E-state index is -0.681. The Labute approximate surface area is 92.2 Å². The Kier molecular flexibility index (Phi) is 3.80. The molecule has 1 aromatic heterocycles. The highest BCUT2D eigenvalue weighted by molar-refractivity contribution is 5.52. The van der Waals surface area contributed by atoms with Gasteiger partial charge in [-0.25, -0.2) is 0 Å². The van der Waals surface area contributed by atoms with Crippen LogP contribution in [0, 0.1) is 10.1 Å². The Morgan fingerprint density at radius 3 is 2.94 bits per heavy atom. The van der Waals surface area contributed by atoms with E-state index in [0.29, 0.717) is 0 Å². The van der Waals surface area contributed by atoms with E-state index in [9.17, 15) is 15.2 Å². The van der Waals surface area contributed by atoms with Crippen LogP contribution in [-0.2, 0) is 7.05 Å². The highest BCUT2D eigenvalue weighted by Crippen LogP contribution is 2.20. The summed E-state index contributed by atoms with van der Waals surface area (Å²) in [4.78, 5) is 13.7. The number of nitrogens with two attached hydrogens (primary N) is 1. The molecule has 0 spiro atoms. The summed E-state index contributed by atoms with van der Waals surface area (Å²) >= 11 is 0. The van der Waals surface area contributed by atoms with Crippen molar-refractivity contribution < 1.29 is 10.0 Å². The molecule has 0 saturated carbocycles. The summed E-state index contributed by atoms with van der Waals surface area (Å²) in [6.07, 6.45) is 0.661. The van der Waals surface area contributed by atoms with E-state index in [0.717, 1.165) is 0 Å². The monoisotopic (exact) mass is 229 g/mol. The molecule has 2 unspecified atom stereocenters. The second-order valence-corrected chi connectivity index (χ2v) is 3.57. The Morgan fingerprint density at radius 1 is 1.81 bits per heavy atom. The third-order valence-corrected chi connectivity index (χ3v) is 2.22. The first-order valence-electron chi connectivity index (χ1n) is 4.76. The van der Waals surface area contributed by atoms with Crippen molar-refractivity contribution in [2.24, 2.45) is 12.8 Å². The number of aryl methyl sites for hydroxylation is 1. The van der Waals surface area contributed by atoms with Crippen LogP contribution in [-0.4, -0.2) is 38.3 Å². The number of hydrogen-bond donors (Lipinski definition) is 3. The van der Waals surface area contributed by atoms with Crippen LogP contribution in [0.1, 0.15) is 6.92 Å². The average Bonchev–Trinajstić information content (AvgIpc) is 2.56. The zero-order valence-corrected chi connectivity index (χ0v) is 9.12. The van der Waals surface area contributed by atoms with Crippen molar-refractivity contribution in [3.8, 4) is 0 Å². The molecule has 0 aliphatic heterocycles. The van der Waals surface area contributed by atoms with Crippen LogP contribution >= 0.6 is 0 Å². The van der Waals surface area contributed by atoms with E-state index in [-0.39, 0.29) is 18.2 Å². The molecule has 0 aromatic carbocycles. The van der Waals surface area contributed by atoms with Gasteiger partial charge in [0.15, 0.2) is 0 Å². The van der Waals surface area contributed by atoms with Gasteiger partial charge < -0.3 is 26.3 Å². The first kappa shape index (κ1) is 12.4. The molecule has 0 bridgehead atoms. The lowest BCUT2D eigenvalue weighted by Crippen LogP contribution is -2.39. The van der Waals surface area contributed by atoms with Crippen LogP contribution < -0.4 is 11.1 Å². The molecular formula is C8H15N5O3. The topological polar surface area (TPSA) is 119 Å². The predicted molar refractivity (Wildman–Crippen MR) is 58.0 cm³/mol. The number of anilines is 1. The molecule has 16 heavy (non-hydrogen) atoms. The first-order chi connectivity index (χ1) is 7.43. The van der Waals surface area contributed by atoms with E-state index in [2.05, 4.69) is 10.3 Å². The zero-order valence-electron chi connectivity index (χ0n) is 9.12. The SMILES string of the molecule is CC(O)C(N)CNc1c([N+](=O)[O-])ncn1C. The summed E-state index contributed by atoms with van der Waals surface area (Å²) in [6.45, 7) is 1.79. The summed E-state index contributed by atoms with van der Waals surface area (Å²) < 4.78 is 1.49. The molecule has 0 amide bonds. The van der Waals surface area contributed by atoms with E-state index in [1.54, 1.807) is 14.0 Å². The Bertz CT molecular complexity index is 376. The first-order valence-corrected chi connectivity index (χ1v) is 4.76. The molecule has 90 valence electrons. The van der Waals surface area contributed by atoms with Crippen molar-refractivity contribution in [2.45, 2.75) is 19.1 Å². The van der Waals surface area contributed by atoms with Gasteiger partial charge in [0.05, 0.1) is 6.10 Å². The van der Waals surface area contributed by atoms with Gasteiger partial charge in [-0.1, -0.05) is 0 Å². The summed E-state index contributed by atoms with van der Waals surface area (Å²) in [5.74, 6) is 0.0291. The molecule has 8 nitrogen and oxygen atoms in total. The Hall–Kier alpha value is -1.67. The van der Waals surface area contributed by atoms with E-state index in [4.69, 9.17) is 5.73 Å². The molecule has 0 aliphatic rings. The minimum absolute atomic E-state index is 0.234. The van der Waals surface area contributed by atoms with Gasteiger partial charge in [-0.15, -0.1) is 0 Å². The third kappa shape index (κ3) is 2.67. The van der Waals surface area contributed by atoms with Gasteiger partial charge in [-0.2, -0.15) is 0 Å². The normalized spacial score (nSPS) is 14.5. The maximum absolute atomic E-state index is 10.6. The van der Waals surface area contributed by atoms with Crippen molar-refractivity contribution in [3.05, 3.63) is 16.4 Å². The highest BCUT2D eigenvalue weighted by Gasteiger charge is 2.20. The van der Waals surface area contributed by atoms with E-state index >= 15 is 0 Å². The number of rotatable bonds is 5. The maximum Gasteiger partial charge on any atom is 0.406 e. The molecule has 0 radical (unpaired) electrons. The van der Waals surface area contributed by atoms with Crippen molar-refractivity contribution in [1.82, 2.24) is 9.55 Å².